The molecule has 1 unspecified atom stereocenters. The van der Waals surface area contributed by atoms with E-state index in [1.165, 1.54) is 6.07 Å². The molecule has 1 atom stereocenters. The average Bonchev–Trinajstić information content (AvgIpc) is 2.30. The van der Waals surface area contributed by atoms with Gasteiger partial charge in [0.2, 0.25) is 0 Å². The molecule has 0 saturated carbocycles. The van der Waals surface area contributed by atoms with Crippen molar-refractivity contribution in [2.45, 2.75) is 12.5 Å². The number of hydrogen-bond donors (Lipinski definition) is 1. The van der Waals surface area contributed by atoms with Gasteiger partial charge in [0.05, 0.1) is 6.07 Å². The highest BCUT2D eigenvalue weighted by atomic mass is 19.2. The third-order valence-electron chi connectivity index (χ3n) is 2.22. The van der Waals surface area contributed by atoms with E-state index in [1.807, 2.05) is 6.07 Å². The van der Waals surface area contributed by atoms with Crippen LogP contribution in [0.2, 0.25) is 0 Å². The number of nitrogens with zero attached hydrogens (tertiary/aromatic N) is 1. The molecule has 0 aliphatic rings. The molecule has 1 rings (SSSR count). The standard InChI is InChI=1S/C11H12F2N2O/c1-11(6-14,15-2)7-16-8-3-4-9(12)10(13)5-8/h3-5,15H,7H2,1-2H3. The Morgan fingerprint density at radius 3 is 2.62 bits per heavy atom. The Labute approximate surface area is 92.6 Å². The van der Waals surface area contributed by atoms with Crippen molar-refractivity contribution in [1.29, 1.82) is 5.26 Å². The van der Waals surface area contributed by atoms with Crippen molar-refractivity contribution < 1.29 is 13.5 Å². The van der Waals surface area contributed by atoms with Crippen LogP contribution in [0.5, 0.6) is 5.75 Å². The first-order chi connectivity index (χ1) is 7.50. The molecule has 1 N–H and O–H groups in total. The monoisotopic (exact) mass is 226 g/mol. The second kappa shape index (κ2) is 4.90. The second-order valence-electron chi connectivity index (χ2n) is 3.56. The molecule has 0 aliphatic heterocycles. The summed E-state index contributed by atoms with van der Waals surface area (Å²) in [7, 11) is 1.62. The highest BCUT2D eigenvalue weighted by Crippen LogP contribution is 2.16. The SMILES string of the molecule is CNC(C)(C#N)COc1ccc(F)c(F)c1. The predicted molar refractivity (Wildman–Crippen MR) is 54.9 cm³/mol. The van der Waals surface area contributed by atoms with Crippen molar-refractivity contribution in [1.82, 2.24) is 5.32 Å². The molecule has 0 spiro atoms. The number of ether oxygens (including phenoxy) is 1. The predicted octanol–water partition coefficient (Wildman–Crippen LogP) is 1.85. The summed E-state index contributed by atoms with van der Waals surface area (Å²) in [6.45, 7) is 1.69. The van der Waals surface area contributed by atoms with E-state index in [0.717, 1.165) is 12.1 Å². The van der Waals surface area contributed by atoms with Crippen LogP contribution >= 0.6 is 0 Å². The maximum atomic E-state index is 12.8. The fourth-order valence-electron chi connectivity index (χ4n) is 0.955. The number of halogens is 2. The highest BCUT2D eigenvalue weighted by molar-refractivity contribution is 5.24. The van der Waals surface area contributed by atoms with Gasteiger partial charge in [0, 0.05) is 6.07 Å². The van der Waals surface area contributed by atoms with Crippen LogP contribution in [0, 0.1) is 23.0 Å². The Hall–Kier alpha value is -1.67. The Kier molecular flexibility index (Phi) is 3.80. The largest absolute Gasteiger partial charge is 0.490 e. The second-order valence-corrected chi connectivity index (χ2v) is 3.56. The quantitative estimate of drug-likeness (QED) is 0.852. The van der Waals surface area contributed by atoms with Gasteiger partial charge in [0.25, 0.3) is 0 Å². The fraction of sp³-hybridized carbons (Fsp3) is 0.364. The Balaban J connectivity index is 2.69. The first kappa shape index (κ1) is 12.4. The van der Waals surface area contributed by atoms with Gasteiger partial charge in [-0.15, -0.1) is 0 Å². The van der Waals surface area contributed by atoms with Gasteiger partial charge in [-0.1, -0.05) is 0 Å². The summed E-state index contributed by atoms with van der Waals surface area (Å²) in [4.78, 5) is 0. The zero-order valence-electron chi connectivity index (χ0n) is 9.05. The lowest BCUT2D eigenvalue weighted by Crippen LogP contribution is -2.43. The van der Waals surface area contributed by atoms with Crippen LogP contribution < -0.4 is 10.1 Å². The Morgan fingerprint density at radius 1 is 1.44 bits per heavy atom. The van der Waals surface area contributed by atoms with Crippen LogP contribution in [0.3, 0.4) is 0 Å². The van der Waals surface area contributed by atoms with E-state index in [2.05, 4.69) is 5.32 Å². The lowest BCUT2D eigenvalue weighted by atomic mass is 10.1. The van der Waals surface area contributed by atoms with Crippen molar-refractivity contribution in [3.05, 3.63) is 29.8 Å². The van der Waals surface area contributed by atoms with Crippen LogP contribution in [0.1, 0.15) is 6.92 Å². The zero-order valence-corrected chi connectivity index (χ0v) is 9.05. The zero-order chi connectivity index (χ0) is 12.2. The first-order valence-electron chi connectivity index (χ1n) is 4.69. The van der Waals surface area contributed by atoms with Crippen molar-refractivity contribution >= 4 is 0 Å². The Morgan fingerprint density at radius 2 is 2.12 bits per heavy atom. The normalized spacial score (nSPS) is 13.9. The van der Waals surface area contributed by atoms with Gasteiger partial charge < -0.3 is 4.74 Å². The van der Waals surface area contributed by atoms with E-state index in [-0.39, 0.29) is 12.4 Å². The number of nitriles is 1. The third kappa shape index (κ3) is 2.91. The van der Waals surface area contributed by atoms with Crippen LogP contribution in [0.25, 0.3) is 0 Å². The number of hydrogen-bond acceptors (Lipinski definition) is 3. The Bertz CT molecular complexity index is 417. The van der Waals surface area contributed by atoms with E-state index in [9.17, 15) is 8.78 Å². The minimum Gasteiger partial charge on any atom is -0.490 e. The van der Waals surface area contributed by atoms with Crippen molar-refractivity contribution in [3.63, 3.8) is 0 Å². The summed E-state index contributed by atoms with van der Waals surface area (Å²) in [6, 6.07) is 5.26. The van der Waals surface area contributed by atoms with Crippen LogP contribution in [-0.2, 0) is 0 Å². The topological polar surface area (TPSA) is 45.0 Å². The summed E-state index contributed by atoms with van der Waals surface area (Å²) in [5.74, 6) is -1.71. The molecular weight excluding hydrogens is 214 g/mol. The molecule has 1 aromatic rings. The van der Waals surface area contributed by atoms with Crippen molar-refractivity contribution in [3.8, 4) is 11.8 Å². The summed E-state index contributed by atoms with van der Waals surface area (Å²) < 4.78 is 30.6. The van der Waals surface area contributed by atoms with Crippen LogP contribution in [0.15, 0.2) is 18.2 Å². The van der Waals surface area contributed by atoms with Gasteiger partial charge in [0.15, 0.2) is 11.6 Å². The minimum absolute atomic E-state index is 0.0467. The molecule has 0 heterocycles. The van der Waals surface area contributed by atoms with Gasteiger partial charge in [-0.25, -0.2) is 8.78 Å². The molecule has 0 aromatic heterocycles. The molecule has 86 valence electrons. The van der Waals surface area contributed by atoms with E-state index >= 15 is 0 Å². The molecule has 0 amide bonds. The van der Waals surface area contributed by atoms with E-state index in [1.54, 1.807) is 14.0 Å². The van der Waals surface area contributed by atoms with Gasteiger partial charge in [0.1, 0.15) is 17.9 Å². The number of likely N-dealkylation sites (N-methyl/N-ethyl adjacent to an activating group) is 1. The molecule has 0 saturated heterocycles. The summed E-state index contributed by atoms with van der Waals surface area (Å²) in [5, 5.41) is 11.6. The highest BCUT2D eigenvalue weighted by Gasteiger charge is 2.22. The molecule has 0 aliphatic carbocycles. The molecular formula is C11H12F2N2O. The minimum atomic E-state index is -0.972. The fourth-order valence-corrected chi connectivity index (χ4v) is 0.955. The first-order valence-corrected chi connectivity index (χ1v) is 4.69. The van der Waals surface area contributed by atoms with Crippen molar-refractivity contribution in [2.24, 2.45) is 0 Å². The maximum absolute atomic E-state index is 12.8. The molecule has 0 radical (unpaired) electrons. The maximum Gasteiger partial charge on any atom is 0.162 e. The van der Waals surface area contributed by atoms with Crippen LogP contribution in [-0.4, -0.2) is 19.2 Å². The number of nitrogens with one attached hydrogen (secondary N) is 1. The van der Waals surface area contributed by atoms with Crippen molar-refractivity contribution in [2.75, 3.05) is 13.7 Å². The summed E-state index contributed by atoms with van der Waals surface area (Å²) in [5.41, 5.74) is -0.856. The molecule has 1 aromatic carbocycles. The molecule has 5 heteroatoms. The molecule has 3 nitrogen and oxygen atoms in total. The van der Waals surface area contributed by atoms with E-state index in [4.69, 9.17) is 10.00 Å². The van der Waals surface area contributed by atoms with Gasteiger partial charge in [-0.05, 0) is 26.1 Å². The van der Waals surface area contributed by atoms with Crippen LogP contribution in [0.4, 0.5) is 8.78 Å². The summed E-state index contributed by atoms with van der Waals surface area (Å²) in [6.07, 6.45) is 0. The van der Waals surface area contributed by atoms with Gasteiger partial charge in [-0.2, -0.15) is 5.26 Å². The smallest absolute Gasteiger partial charge is 0.162 e. The molecule has 16 heavy (non-hydrogen) atoms. The van der Waals surface area contributed by atoms with E-state index < -0.39 is 17.2 Å². The molecule has 0 fully saturated rings. The lowest BCUT2D eigenvalue weighted by Gasteiger charge is -2.20. The summed E-state index contributed by atoms with van der Waals surface area (Å²) >= 11 is 0. The van der Waals surface area contributed by atoms with E-state index in [0.29, 0.717) is 0 Å². The average molecular weight is 226 g/mol. The van der Waals surface area contributed by atoms with Gasteiger partial charge >= 0.3 is 0 Å². The molecule has 0 bridgehead atoms. The lowest BCUT2D eigenvalue weighted by molar-refractivity contribution is 0.241. The number of benzene rings is 1. The number of rotatable bonds is 4. The third-order valence-corrected chi connectivity index (χ3v) is 2.22. The van der Waals surface area contributed by atoms with Gasteiger partial charge in [-0.3, -0.25) is 5.32 Å².